The van der Waals surface area contributed by atoms with Crippen LogP contribution in [0.5, 0.6) is 0 Å². The van der Waals surface area contributed by atoms with E-state index >= 15 is 0 Å². The van der Waals surface area contributed by atoms with E-state index in [1.54, 1.807) is 36.7 Å². The molecule has 1 aliphatic heterocycles. The SMILES string of the molecule is O=C1c2ccccc2[C@](O)(c2ncc[nH]2)N1c1ccc(I)cc1. The molecule has 0 bridgehead atoms. The molecule has 2 heterocycles. The molecule has 4 rings (SSSR count). The molecule has 1 aromatic heterocycles. The van der Waals surface area contributed by atoms with Crippen LogP contribution in [0.1, 0.15) is 21.7 Å². The van der Waals surface area contributed by atoms with Crippen LogP contribution in [-0.4, -0.2) is 21.0 Å². The average Bonchev–Trinajstić information content (AvgIpc) is 3.17. The highest BCUT2D eigenvalue weighted by molar-refractivity contribution is 14.1. The topological polar surface area (TPSA) is 69.2 Å². The van der Waals surface area contributed by atoms with Crippen molar-refractivity contribution in [1.82, 2.24) is 9.97 Å². The minimum absolute atomic E-state index is 0.249. The highest BCUT2D eigenvalue weighted by Crippen LogP contribution is 2.43. The van der Waals surface area contributed by atoms with Gasteiger partial charge in [-0.1, -0.05) is 18.2 Å². The van der Waals surface area contributed by atoms with E-state index in [9.17, 15) is 9.90 Å². The first-order valence-corrected chi connectivity index (χ1v) is 8.12. The number of benzene rings is 2. The number of carbonyl (C=O) groups is 1. The number of halogens is 1. The Kier molecular flexibility index (Phi) is 3.24. The Morgan fingerprint density at radius 1 is 1.13 bits per heavy atom. The molecule has 0 aliphatic carbocycles. The third-order valence-electron chi connectivity index (χ3n) is 3.97. The fourth-order valence-corrected chi connectivity index (χ4v) is 3.30. The standard InChI is InChI=1S/C17H12IN3O2/c18-11-5-7-12(8-6-11)21-15(22)13-3-1-2-4-14(13)17(21,23)16-19-9-10-20-16/h1-10,23H,(H,19,20)/t17-/m0/s1. The molecule has 1 amide bonds. The number of aliphatic hydroxyl groups is 1. The van der Waals surface area contributed by atoms with Gasteiger partial charge in [-0.05, 0) is 52.9 Å². The van der Waals surface area contributed by atoms with Crippen molar-refractivity contribution in [1.29, 1.82) is 0 Å². The van der Waals surface area contributed by atoms with Crippen molar-refractivity contribution in [3.8, 4) is 0 Å². The van der Waals surface area contributed by atoms with E-state index in [4.69, 9.17) is 0 Å². The number of imidazole rings is 1. The van der Waals surface area contributed by atoms with Crippen molar-refractivity contribution in [2.24, 2.45) is 0 Å². The zero-order chi connectivity index (χ0) is 16.0. The summed E-state index contributed by atoms with van der Waals surface area (Å²) in [6.07, 6.45) is 3.19. The monoisotopic (exact) mass is 417 g/mol. The highest BCUT2D eigenvalue weighted by atomic mass is 127. The van der Waals surface area contributed by atoms with E-state index in [2.05, 4.69) is 32.6 Å². The summed E-state index contributed by atoms with van der Waals surface area (Å²) in [5.41, 5.74) is -0.0294. The predicted octanol–water partition coefficient (Wildman–Crippen LogP) is 2.87. The Morgan fingerprint density at radius 2 is 1.87 bits per heavy atom. The second-order valence-corrected chi connectivity index (χ2v) is 6.52. The van der Waals surface area contributed by atoms with Crippen LogP contribution in [-0.2, 0) is 5.72 Å². The molecule has 1 aliphatic rings. The molecular formula is C17H12IN3O2. The lowest BCUT2D eigenvalue weighted by atomic mass is 10.0. The molecule has 23 heavy (non-hydrogen) atoms. The van der Waals surface area contributed by atoms with Crippen LogP contribution >= 0.6 is 22.6 Å². The smallest absolute Gasteiger partial charge is 0.261 e. The third-order valence-corrected chi connectivity index (χ3v) is 4.69. The number of nitrogens with zero attached hydrogens (tertiary/aromatic N) is 2. The van der Waals surface area contributed by atoms with Gasteiger partial charge in [0.15, 0.2) is 5.82 Å². The van der Waals surface area contributed by atoms with Crippen molar-refractivity contribution < 1.29 is 9.90 Å². The Bertz CT molecular complexity index is 877. The van der Waals surface area contributed by atoms with E-state index in [-0.39, 0.29) is 5.91 Å². The van der Waals surface area contributed by atoms with Gasteiger partial charge < -0.3 is 10.1 Å². The number of amides is 1. The molecule has 0 saturated heterocycles. The maximum absolute atomic E-state index is 12.9. The van der Waals surface area contributed by atoms with Crippen LogP contribution in [0.4, 0.5) is 5.69 Å². The first-order valence-electron chi connectivity index (χ1n) is 7.04. The molecule has 0 radical (unpaired) electrons. The summed E-state index contributed by atoms with van der Waals surface area (Å²) >= 11 is 2.20. The summed E-state index contributed by atoms with van der Waals surface area (Å²) in [6.45, 7) is 0. The third kappa shape index (κ3) is 2.02. The lowest BCUT2D eigenvalue weighted by Crippen LogP contribution is -2.45. The minimum Gasteiger partial charge on any atom is -0.360 e. The largest absolute Gasteiger partial charge is 0.360 e. The van der Waals surface area contributed by atoms with Crippen LogP contribution < -0.4 is 4.90 Å². The van der Waals surface area contributed by atoms with E-state index in [1.165, 1.54) is 4.90 Å². The number of hydrogen-bond acceptors (Lipinski definition) is 3. The van der Waals surface area contributed by atoms with Crippen molar-refractivity contribution >= 4 is 34.2 Å². The first-order chi connectivity index (χ1) is 11.1. The highest BCUT2D eigenvalue weighted by Gasteiger charge is 2.52. The Morgan fingerprint density at radius 3 is 2.57 bits per heavy atom. The van der Waals surface area contributed by atoms with Gasteiger partial charge in [-0.3, -0.25) is 9.69 Å². The number of carbonyl (C=O) groups excluding carboxylic acids is 1. The zero-order valence-corrected chi connectivity index (χ0v) is 14.1. The average molecular weight is 417 g/mol. The van der Waals surface area contributed by atoms with Gasteiger partial charge in [0.05, 0.1) is 0 Å². The van der Waals surface area contributed by atoms with Gasteiger partial charge in [-0.15, -0.1) is 0 Å². The number of rotatable bonds is 2. The number of aromatic amines is 1. The summed E-state index contributed by atoms with van der Waals surface area (Å²) in [5, 5.41) is 11.5. The van der Waals surface area contributed by atoms with E-state index in [0.717, 1.165) is 3.57 Å². The molecule has 0 saturated carbocycles. The first kappa shape index (κ1) is 14.4. The van der Waals surface area contributed by atoms with Crippen molar-refractivity contribution in [2.45, 2.75) is 5.72 Å². The maximum atomic E-state index is 12.9. The van der Waals surface area contributed by atoms with Crippen LogP contribution in [0.25, 0.3) is 0 Å². The van der Waals surface area contributed by atoms with E-state index in [0.29, 0.717) is 22.6 Å². The van der Waals surface area contributed by atoms with Gasteiger partial charge in [-0.2, -0.15) is 0 Å². The van der Waals surface area contributed by atoms with Gasteiger partial charge in [0.25, 0.3) is 5.91 Å². The van der Waals surface area contributed by atoms with Gasteiger partial charge in [0.1, 0.15) is 0 Å². The molecule has 114 valence electrons. The molecular weight excluding hydrogens is 405 g/mol. The fraction of sp³-hybridized carbons (Fsp3) is 0.0588. The quantitative estimate of drug-likeness (QED) is 0.631. The minimum atomic E-state index is -1.65. The zero-order valence-electron chi connectivity index (χ0n) is 11.9. The molecule has 1 atom stereocenters. The van der Waals surface area contributed by atoms with Crippen molar-refractivity contribution in [3.05, 3.63) is 81.4 Å². The fourth-order valence-electron chi connectivity index (χ4n) is 2.95. The molecule has 0 fully saturated rings. The van der Waals surface area contributed by atoms with Crippen LogP contribution in [0.3, 0.4) is 0 Å². The van der Waals surface area contributed by atoms with Crippen LogP contribution in [0, 0.1) is 3.57 Å². The second kappa shape index (κ2) is 5.17. The van der Waals surface area contributed by atoms with E-state index < -0.39 is 5.72 Å². The Balaban J connectivity index is 1.98. The van der Waals surface area contributed by atoms with Crippen LogP contribution in [0.2, 0.25) is 0 Å². The van der Waals surface area contributed by atoms with Gasteiger partial charge in [-0.25, -0.2) is 4.98 Å². The molecule has 6 heteroatoms. The second-order valence-electron chi connectivity index (χ2n) is 5.27. The van der Waals surface area contributed by atoms with Gasteiger partial charge in [0.2, 0.25) is 5.72 Å². The van der Waals surface area contributed by atoms with Gasteiger partial charge in [0, 0.05) is 32.8 Å². The molecule has 3 aromatic rings. The normalized spacial score (nSPS) is 19.9. The van der Waals surface area contributed by atoms with Gasteiger partial charge >= 0.3 is 0 Å². The summed E-state index contributed by atoms with van der Waals surface area (Å²) in [7, 11) is 0. The number of fused-ring (bicyclic) bond motifs is 1. The Hall–Kier alpha value is -2.19. The Labute approximate surface area is 146 Å². The summed E-state index contributed by atoms with van der Waals surface area (Å²) in [5.74, 6) is 0.0649. The molecule has 2 aromatic carbocycles. The summed E-state index contributed by atoms with van der Waals surface area (Å²) in [4.78, 5) is 21.4. The molecule has 5 nitrogen and oxygen atoms in total. The van der Waals surface area contributed by atoms with Crippen LogP contribution in [0.15, 0.2) is 60.9 Å². The number of aromatic nitrogens is 2. The molecule has 2 N–H and O–H groups in total. The van der Waals surface area contributed by atoms with Crippen molar-refractivity contribution in [3.63, 3.8) is 0 Å². The number of nitrogens with one attached hydrogen (secondary N) is 1. The number of hydrogen-bond donors (Lipinski definition) is 2. The lowest BCUT2D eigenvalue weighted by molar-refractivity contribution is 0.0653. The summed E-state index contributed by atoms with van der Waals surface area (Å²) in [6, 6.07) is 14.5. The molecule has 0 spiro atoms. The molecule has 0 unspecified atom stereocenters. The number of anilines is 1. The lowest BCUT2D eigenvalue weighted by Gasteiger charge is -2.32. The van der Waals surface area contributed by atoms with E-state index in [1.807, 2.05) is 24.3 Å². The summed E-state index contributed by atoms with van der Waals surface area (Å²) < 4.78 is 1.05. The van der Waals surface area contributed by atoms with Crippen molar-refractivity contribution in [2.75, 3.05) is 4.90 Å². The predicted molar refractivity (Wildman–Crippen MR) is 94.0 cm³/mol. The number of H-pyrrole nitrogens is 1. The maximum Gasteiger partial charge on any atom is 0.261 e.